The first-order chi connectivity index (χ1) is 15.1. The molecular formula is C24H21N3O4. The molecule has 156 valence electrons. The van der Waals surface area contributed by atoms with E-state index in [9.17, 15) is 14.4 Å². The Labute approximate surface area is 178 Å². The Morgan fingerprint density at radius 3 is 2.42 bits per heavy atom. The zero-order chi connectivity index (χ0) is 21.6. The molecule has 0 aliphatic heterocycles. The molecule has 2 amide bonds. The second kappa shape index (κ2) is 9.13. The first kappa shape index (κ1) is 20.2. The van der Waals surface area contributed by atoms with E-state index >= 15 is 0 Å². The summed E-state index contributed by atoms with van der Waals surface area (Å²) in [6.07, 6.45) is 0.706. The molecule has 2 N–H and O–H groups in total. The Balaban J connectivity index is 1.43. The number of benzene rings is 3. The number of aromatic nitrogens is 1. The monoisotopic (exact) mass is 415 g/mol. The largest absolute Gasteiger partial charge is 0.420 e. The van der Waals surface area contributed by atoms with E-state index in [4.69, 9.17) is 4.42 Å². The summed E-state index contributed by atoms with van der Waals surface area (Å²) >= 11 is 0. The van der Waals surface area contributed by atoms with Gasteiger partial charge in [0.1, 0.15) is 6.54 Å². The molecule has 0 saturated heterocycles. The summed E-state index contributed by atoms with van der Waals surface area (Å²) in [5.41, 5.74) is 2.81. The maximum Gasteiger partial charge on any atom is 0.420 e. The minimum atomic E-state index is -0.608. The van der Waals surface area contributed by atoms with Gasteiger partial charge in [0.2, 0.25) is 5.91 Å². The van der Waals surface area contributed by atoms with E-state index in [2.05, 4.69) is 10.6 Å². The molecule has 1 aromatic heterocycles. The van der Waals surface area contributed by atoms with Gasteiger partial charge in [-0.15, -0.1) is 0 Å². The first-order valence-electron chi connectivity index (χ1n) is 9.91. The molecule has 0 radical (unpaired) electrons. The zero-order valence-electron chi connectivity index (χ0n) is 16.7. The van der Waals surface area contributed by atoms with E-state index in [1.807, 2.05) is 30.3 Å². The van der Waals surface area contributed by atoms with Crippen molar-refractivity contribution >= 4 is 28.6 Å². The Hall–Kier alpha value is -4.13. The van der Waals surface area contributed by atoms with Crippen molar-refractivity contribution in [3.05, 3.63) is 101 Å². The van der Waals surface area contributed by atoms with Gasteiger partial charge < -0.3 is 15.1 Å². The molecule has 4 rings (SSSR count). The van der Waals surface area contributed by atoms with Crippen LogP contribution in [-0.4, -0.2) is 22.9 Å². The van der Waals surface area contributed by atoms with Gasteiger partial charge >= 0.3 is 5.76 Å². The minimum Gasteiger partial charge on any atom is -0.408 e. The number of oxazole rings is 1. The van der Waals surface area contributed by atoms with Gasteiger partial charge in [0, 0.05) is 6.54 Å². The highest BCUT2D eigenvalue weighted by molar-refractivity contribution is 6.03. The number of carbonyl (C=O) groups excluding carboxylic acids is 2. The van der Waals surface area contributed by atoms with Crippen LogP contribution in [0.3, 0.4) is 0 Å². The average Bonchev–Trinajstić information content (AvgIpc) is 3.10. The topological polar surface area (TPSA) is 93.3 Å². The number of rotatable bonds is 7. The third kappa shape index (κ3) is 4.72. The number of nitrogens with zero attached hydrogens (tertiary/aromatic N) is 1. The fraction of sp³-hybridized carbons (Fsp3) is 0.125. The number of anilines is 1. The predicted octanol–water partition coefficient (Wildman–Crippen LogP) is 3.21. The molecule has 0 saturated carbocycles. The number of amides is 2. The molecule has 3 aromatic carbocycles. The average molecular weight is 415 g/mol. The van der Waals surface area contributed by atoms with Crippen molar-refractivity contribution in [2.75, 3.05) is 11.9 Å². The van der Waals surface area contributed by atoms with E-state index in [0.29, 0.717) is 35.3 Å². The van der Waals surface area contributed by atoms with Crippen LogP contribution in [0.25, 0.3) is 11.1 Å². The highest BCUT2D eigenvalue weighted by Gasteiger charge is 2.16. The van der Waals surface area contributed by atoms with Crippen LogP contribution in [0.4, 0.5) is 5.69 Å². The van der Waals surface area contributed by atoms with Crippen LogP contribution < -0.4 is 16.4 Å². The molecule has 0 bridgehead atoms. The number of hydrogen-bond acceptors (Lipinski definition) is 4. The highest BCUT2D eigenvalue weighted by atomic mass is 16.4. The van der Waals surface area contributed by atoms with E-state index < -0.39 is 11.7 Å². The fourth-order valence-corrected chi connectivity index (χ4v) is 3.35. The summed E-state index contributed by atoms with van der Waals surface area (Å²) in [6, 6.07) is 23.5. The van der Waals surface area contributed by atoms with Crippen molar-refractivity contribution in [3.63, 3.8) is 0 Å². The summed E-state index contributed by atoms with van der Waals surface area (Å²) in [5, 5.41) is 5.61. The molecule has 0 unspecified atom stereocenters. The summed E-state index contributed by atoms with van der Waals surface area (Å²) < 4.78 is 6.41. The number of fused-ring (bicyclic) bond motifs is 1. The molecule has 7 heteroatoms. The van der Waals surface area contributed by atoms with Crippen LogP contribution in [0.1, 0.15) is 15.9 Å². The minimum absolute atomic E-state index is 0.222. The molecule has 0 atom stereocenters. The maximum atomic E-state index is 12.7. The third-order valence-electron chi connectivity index (χ3n) is 4.86. The van der Waals surface area contributed by atoms with E-state index in [-0.39, 0.29) is 12.5 Å². The fourth-order valence-electron chi connectivity index (χ4n) is 3.35. The van der Waals surface area contributed by atoms with Gasteiger partial charge in [-0.1, -0.05) is 54.6 Å². The van der Waals surface area contributed by atoms with E-state index in [1.54, 1.807) is 48.5 Å². The second-order valence-corrected chi connectivity index (χ2v) is 7.01. The van der Waals surface area contributed by atoms with Gasteiger partial charge in [-0.05, 0) is 36.2 Å². The number of carbonyl (C=O) groups is 2. The lowest BCUT2D eigenvalue weighted by Gasteiger charge is -2.12. The standard InChI is InChI=1S/C24H21N3O4/c28-22(16-27-20-12-6-7-13-21(20)31-24(27)30)26-19-11-5-4-10-18(19)23(29)25-15-14-17-8-2-1-3-9-17/h1-13H,14-16H2,(H,25,29)(H,26,28). The summed E-state index contributed by atoms with van der Waals surface area (Å²) in [6.45, 7) is 0.251. The Bertz CT molecular complexity index is 1270. The number of nitrogens with one attached hydrogen (secondary N) is 2. The summed E-state index contributed by atoms with van der Waals surface area (Å²) in [4.78, 5) is 37.3. The normalized spacial score (nSPS) is 10.7. The Morgan fingerprint density at radius 2 is 1.58 bits per heavy atom. The van der Waals surface area contributed by atoms with Crippen LogP contribution in [0.2, 0.25) is 0 Å². The molecule has 0 aliphatic rings. The lowest BCUT2D eigenvalue weighted by atomic mass is 10.1. The quantitative estimate of drug-likeness (QED) is 0.485. The summed E-state index contributed by atoms with van der Waals surface area (Å²) in [7, 11) is 0. The Morgan fingerprint density at radius 1 is 0.871 bits per heavy atom. The van der Waals surface area contributed by atoms with Crippen molar-refractivity contribution < 1.29 is 14.0 Å². The molecule has 0 fully saturated rings. The van der Waals surface area contributed by atoms with Gasteiger partial charge in [-0.3, -0.25) is 14.2 Å². The molecule has 4 aromatic rings. The van der Waals surface area contributed by atoms with Gasteiger partial charge in [0.05, 0.1) is 16.8 Å². The van der Waals surface area contributed by atoms with Crippen molar-refractivity contribution in [1.29, 1.82) is 0 Å². The molecule has 1 heterocycles. The first-order valence-corrected chi connectivity index (χ1v) is 9.91. The summed E-state index contributed by atoms with van der Waals surface area (Å²) in [5.74, 6) is -1.32. The van der Waals surface area contributed by atoms with Gasteiger partial charge in [-0.25, -0.2) is 4.79 Å². The van der Waals surface area contributed by atoms with Gasteiger partial charge in [-0.2, -0.15) is 0 Å². The van der Waals surface area contributed by atoms with Crippen LogP contribution in [0.15, 0.2) is 88.1 Å². The Kier molecular flexibility index (Phi) is 5.93. The second-order valence-electron chi connectivity index (χ2n) is 7.01. The molecule has 7 nitrogen and oxygen atoms in total. The number of hydrogen-bond donors (Lipinski definition) is 2. The molecule has 0 aliphatic carbocycles. The van der Waals surface area contributed by atoms with E-state index in [0.717, 1.165) is 5.56 Å². The van der Waals surface area contributed by atoms with Crippen LogP contribution >= 0.6 is 0 Å². The molecule has 0 spiro atoms. The van der Waals surface area contributed by atoms with Gasteiger partial charge in [0.25, 0.3) is 5.91 Å². The smallest absolute Gasteiger partial charge is 0.408 e. The lowest BCUT2D eigenvalue weighted by molar-refractivity contribution is -0.116. The highest BCUT2D eigenvalue weighted by Crippen LogP contribution is 2.16. The lowest BCUT2D eigenvalue weighted by Crippen LogP contribution is -2.28. The van der Waals surface area contributed by atoms with Crippen LogP contribution in [0.5, 0.6) is 0 Å². The van der Waals surface area contributed by atoms with Crippen LogP contribution in [0, 0.1) is 0 Å². The maximum absolute atomic E-state index is 12.7. The predicted molar refractivity (Wildman–Crippen MR) is 118 cm³/mol. The molecule has 31 heavy (non-hydrogen) atoms. The third-order valence-corrected chi connectivity index (χ3v) is 4.86. The number of para-hydroxylation sites is 3. The van der Waals surface area contributed by atoms with Crippen molar-refractivity contribution in [3.8, 4) is 0 Å². The SMILES string of the molecule is O=C(Cn1c(=O)oc2ccccc21)Nc1ccccc1C(=O)NCCc1ccccc1. The van der Waals surface area contributed by atoms with Crippen molar-refractivity contribution in [2.45, 2.75) is 13.0 Å². The molecular weight excluding hydrogens is 394 g/mol. The van der Waals surface area contributed by atoms with Gasteiger partial charge in [0.15, 0.2) is 5.58 Å². The van der Waals surface area contributed by atoms with E-state index in [1.165, 1.54) is 4.57 Å². The van der Waals surface area contributed by atoms with Crippen LogP contribution in [-0.2, 0) is 17.8 Å². The zero-order valence-corrected chi connectivity index (χ0v) is 16.7. The van der Waals surface area contributed by atoms with Crippen molar-refractivity contribution in [1.82, 2.24) is 9.88 Å². The van der Waals surface area contributed by atoms with Crippen molar-refractivity contribution in [2.24, 2.45) is 0 Å².